The van der Waals surface area contributed by atoms with Gasteiger partial charge in [-0.3, -0.25) is 14.4 Å². The van der Waals surface area contributed by atoms with Gasteiger partial charge in [0.2, 0.25) is 17.7 Å². The van der Waals surface area contributed by atoms with E-state index in [1.807, 2.05) is 58.9 Å². The third-order valence-electron chi connectivity index (χ3n) is 9.85. The molecule has 3 fully saturated rings. The summed E-state index contributed by atoms with van der Waals surface area (Å²) >= 11 is 0. The fourth-order valence-corrected chi connectivity index (χ4v) is 7.66. The summed E-state index contributed by atoms with van der Waals surface area (Å²) in [5, 5.41) is 24.7. The second-order valence-electron chi connectivity index (χ2n) is 12.7. The summed E-state index contributed by atoms with van der Waals surface area (Å²) in [5.41, 5.74) is -0.209. The minimum absolute atomic E-state index is 0.0264. The summed E-state index contributed by atoms with van der Waals surface area (Å²) in [6.07, 6.45) is 0.420. The minimum Gasteiger partial charge on any atom is -0.494 e. The van der Waals surface area contributed by atoms with Crippen molar-refractivity contribution in [3.05, 3.63) is 48.5 Å². The van der Waals surface area contributed by atoms with E-state index in [-0.39, 0.29) is 36.9 Å². The molecule has 2 aromatic carbocycles. The molecule has 3 amide bonds. The number of hydrogen-bond donors (Lipinski definition) is 3. The fourth-order valence-electron chi connectivity index (χ4n) is 7.66. The van der Waals surface area contributed by atoms with E-state index in [4.69, 9.17) is 9.47 Å². The lowest BCUT2D eigenvalue weighted by Crippen LogP contribution is -2.59. The van der Waals surface area contributed by atoms with Crippen LogP contribution in [0.4, 0.5) is 5.69 Å². The van der Waals surface area contributed by atoms with E-state index < -0.39 is 41.0 Å². The topological polar surface area (TPSA) is 148 Å². The fraction of sp³-hybridized carbons (Fsp3) is 0.531. The third kappa shape index (κ3) is 4.54. The van der Waals surface area contributed by atoms with Crippen LogP contribution in [0.1, 0.15) is 41.0 Å². The third-order valence-corrected chi connectivity index (χ3v) is 9.85. The molecule has 0 saturated carbocycles. The standard InChI is InChI=1S/C32H40N6O6/c1-6-43-21-13-11-20(12-14-21)34-28(40)25-26-30(42)38(24(16-39)18(2)3)27(32(26)15-19(4)31(25,5)44-32)29(41)33-17-37-23-10-8-7-9-22(23)35-36-37/h7-14,18-19,24-27,39H,6,15-17H2,1-5H3,(H,33,41)(H,34,40)/t19?,24-,25-,26-,27?,31+,32?/m0/s1. The number of nitrogens with zero attached hydrogens (tertiary/aromatic N) is 4. The van der Waals surface area contributed by atoms with Gasteiger partial charge in [-0.2, -0.15) is 0 Å². The zero-order chi connectivity index (χ0) is 31.4. The number of benzene rings is 2. The first-order valence-electron chi connectivity index (χ1n) is 15.3. The molecule has 2 bridgehead atoms. The van der Waals surface area contributed by atoms with Crippen molar-refractivity contribution in [3.63, 3.8) is 0 Å². The van der Waals surface area contributed by atoms with Gasteiger partial charge < -0.3 is 30.1 Å². The molecule has 3 saturated heterocycles. The second kappa shape index (κ2) is 11.2. The van der Waals surface area contributed by atoms with Crippen LogP contribution in [-0.4, -0.2) is 79.2 Å². The molecule has 4 heterocycles. The van der Waals surface area contributed by atoms with E-state index in [0.717, 1.165) is 5.52 Å². The van der Waals surface area contributed by atoms with Gasteiger partial charge in [-0.15, -0.1) is 5.10 Å². The number of para-hydroxylation sites is 1. The molecule has 1 aromatic heterocycles. The number of ether oxygens (including phenoxy) is 2. The highest BCUT2D eigenvalue weighted by molar-refractivity contribution is 6.02. The van der Waals surface area contributed by atoms with Crippen LogP contribution < -0.4 is 15.4 Å². The minimum atomic E-state index is -1.25. The van der Waals surface area contributed by atoms with Crippen LogP contribution in [0.25, 0.3) is 11.0 Å². The molecule has 3 N–H and O–H groups in total. The number of fused-ring (bicyclic) bond motifs is 2. The van der Waals surface area contributed by atoms with Gasteiger partial charge >= 0.3 is 0 Å². The van der Waals surface area contributed by atoms with Crippen LogP contribution in [0.3, 0.4) is 0 Å². The zero-order valence-electron chi connectivity index (χ0n) is 25.7. The number of amides is 3. The van der Waals surface area contributed by atoms with Crippen molar-refractivity contribution >= 4 is 34.4 Å². The van der Waals surface area contributed by atoms with E-state index in [0.29, 0.717) is 30.0 Å². The molecule has 0 radical (unpaired) electrons. The van der Waals surface area contributed by atoms with Crippen LogP contribution in [0.15, 0.2) is 48.5 Å². The monoisotopic (exact) mass is 604 g/mol. The predicted molar refractivity (Wildman–Crippen MR) is 161 cm³/mol. The number of aliphatic hydroxyl groups excluding tert-OH is 1. The van der Waals surface area contributed by atoms with Crippen LogP contribution in [0.5, 0.6) is 5.75 Å². The lowest BCUT2D eigenvalue weighted by Gasteiger charge is -2.38. The molecular formula is C32H40N6O6. The molecule has 6 rings (SSSR count). The van der Waals surface area contributed by atoms with Crippen molar-refractivity contribution in [3.8, 4) is 5.75 Å². The maximum atomic E-state index is 14.5. The van der Waals surface area contributed by atoms with E-state index in [1.54, 1.807) is 28.9 Å². The molecule has 12 nitrogen and oxygen atoms in total. The van der Waals surface area contributed by atoms with Gasteiger partial charge in [0.1, 0.15) is 29.6 Å². The quantitative estimate of drug-likeness (QED) is 0.320. The predicted octanol–water partition coefficient (Wildman–Crippen LogP) is 2.57. The Kier molecular flexibility index (Phi) is 7.61. The first-order valence-corrected chi connectivity index (χ1v) is 15.3. The summed E-state index contributed by atoms with van der Waals surface area (Å²) in [4.78, 5) is 44.2. The number of likely N-dealkylation sites (tertiary alicyclic amines) is 1. The van der Waals surface area contributed by atoms with E-state index in [9.17, 15) is 19.5 Å². The smallest absolute Gasteiger partial charge is 0.247 e. The molecule has 12 heteroatoms. The lowest BCUT2D eigenvalue weighted by molar-refractivity contribution is -0.151. The van der Waals surface area contributed by atoms with Gasteiger partial charge in [-0.05, 0) is 68.5 Å². The lowest BCUT2D eigenvalue weighted by atomic mass is 9.62. The van der Waals surface area contributed by atoms with Crippen LogP contribution in [0.2, 0.25) is 0 Å². The van der Waals surface area contributed by atoms with Gasteiger partial charge in [0, 0.05) is 5.69 Å². The number of carbonyl (C=O) groups excluding carboxylic acids is 3. The van der Waals surface area contributed by atoms with Gasteiger partial charge in [0.25, 0.3) is 0 Å². The van der Waals surface area contributed by atoms with E-state index in [2.05, 4.69) is 20.9 Å². The second-order valence-corrected chi connectivity index (χ2v) is 12.7. The molecule has 0 aliphatic carbocycles. The van der Waals surface area contributed by atoms with Gasteiger partial charge in [0.05, 0.1) is 42.2 Å². The van der Waals surface area contributed by atoms with Crippen molar-refractivity contribution in [1.29, 1.82) is 0 Å². The van der Waals surface area contributed by atoms with E-state index in [1.165, 1.54) is 4.90 Å². The molecule has 3 aliphatic heterocycles. The van der Waals surface area contributed by atoms with Crippen LogP contribution >= 0.6 is 0 Å². The Labute approximate surface area is 256 Å². The molecule has 3 aliphatic rings. The Bertz CT molecular complexity index is 1570. The number of hydrogen-bond acceptors (Lipinski definition) is 8. The maximum Gasteiger partial charge on any atom is 0.247 e. The van der Waals surface area contributed by atoms with Crippen LogP contribution in [0, 0.1) is 23.7 Å². The van der Waals surface area contributed by atoms with Gasteiger partial charge in [0.15, 0.2) is 0 Å². The average Bonchev–Trinajstić information content (AvgIpc) is 3.67. The first kappa shape index (κ1) is 30.0. The van der Waals surface area contributed by atoms with Gasteiger partial charge in [-0.25, -0.2) is 4.68 Å². The maximum absolute atomic E-state index is 14.5. The highest BCUT2D eigenvalue weighted by Gasteiger charge is 2.80. The molecule has 234 valence electrons. The molecule has 44 heavy (non-hydrogen) atoms. The highest BCUT2D eigenvalue weighted by Crippen LogP contribution is 2.65. The SMILES string of the molecule is CCOc1ccc(NC(=O)[C@@H]2[C@H]3C(=O)N([C@@H](CO)C(C)C)C(C(=O)NCn4nnc5ccccc54)C34CC(C)[C@@]2(C)O4)cc1. The van der Waals surface area contributed by atoms with Crippen molar-refractivity contribution < 1.29 is 29.0 Å². The van der Waals surface area contributed by atoms with Gasteiger partial charge in [-0.1, -0.05) is 38.1 Å². The van der Waals surface area contributed by atoms with Crippen molar-refractivity contribution in [2.24, 2.45) is 23.7 Å². The Morgan fingerprint density at radius 1 is 1.16 bits per heavy atom. The van der Waals surface area contributed by atoms with Crippen LogP contribution in [-0.2, 0) is 25.8 Å². The molecule has 7 atom stereocenters. The van der Waals surface area contributed by atoms with Crippen molar-refractivity contribution in [2.45, 2.75) is 71.0 Å². The molecule has 3 aromatic rings. The first-order chi connectivity index (χ1) is 21.1. The number of anilines is 1. The Morgan fingerprint density at radius 2 is 1.89 bits per heavy atom. The average molecular weight is 605 g/mol. The number of aromatic nitrogens is 3. The summed E-state index contributed by atoms with van der Waals surface area (Å²) in [6.45, 7) is 9.78. The summed E-state index contributed by atoms with van der Waals surface area (Å²) in [7, 11) is 0. The summed E-state index contributed by atoms with van der Waals surface area (Å²) < 4.78 is 13.9. The largest absolute Gasteiger partial charge is 0.494 e. The normalized spacial score (nSPS) is 29.7. The number of nitrogens with one attached hydrogen (secondary N) is 2. The molecular weight excluding hydrogens is 564 g/mol. The Hall–Kier alpha value is -4.03. The Balaban J connectivity index is 1.34. The van der Waals surface area contributed by atoms with E-state index >= 15 is 0 Å². The number of carbonyl (C=O) groups is 3. The summed E-state index contributed by atoms with van der Waals surface area (Å²) in [6, 6.07) is 12.8. The molecule has 1 spiro atoms. The number of aliphatic hydroxyl groups is 1. The Morgan fingerprint density at radius 3 is 2.57 bits per heavy atom. The van der Waals surface area contributed by atoms with Crippen molar-refractivity contribution in [2.75, 3.05) is 18.5 Å². The zero-order valence-corrected chi connectivity index (χ0v) is 25.7. The summed E-state index contributed by atoms with van der Waals surface area (Å²) in [5.74, 6) is -2.47. The van der Waals surface area contributed by atoms with Crippen molar-refractivity contribution in [1.82, 2.24) is 25.2 Å². The molecule has 3 unspecified atom stereocenters. The highest BCUT2D eigenvalue weighted by atomic mass is 16.5. The number of rotatable bonds is 10.